The van der Waals surface area contributed by atoms with Gasteiger partial charge in [-0.05, 0) is 0 Å². The van der Waals surface area contributed by atoms with Crippen molar-refractivity contribution >= 4 is 26.6 Å². The van der Waals surface area contributed by atoms with E-state index < -0.39 is 0 Å². The summed E-state index contributed by atoms with van der Waals surface area (Å²) >= 11 is 0.208. The number of carbonyl (C=O) groups excluding carboxylic acids is 2. The molecule has 0 spiro atoms. The minimum atomic E-state index is -0.139. The molecule has 0 aromatic heterocycles. The summed E-state index contributed by atoms with van der Waals surface area (Å²) in [6.07, 6.45) is 2.22. The SMILES string of the molecule is CC(=O)N[C@@H](C[Se]C1C(=O)C2(C)CCC1C2(C)C)c1ccccc1. The van der Waals surface area contributed by atoms with Gasteiger partial charge in [-0.25, -0.2) is 0 Å². The fourth-order valence-electron chi connectivity index (χ4n) is 4.55. The Morgan fingerprint density at radius 1 is 1.29 bits per heavy atom. The Bertz CT molecular complexity index is 642. The van der Waals surface area contributed by atoms with Gasteiger partial charge in [-0.1, -0.05) is 0 Å². The molecular formula is C20H27NO2Se. The van der Waals surface area contributed by atoms with Crippen LogP contribution in [0, 0.1) is 16.7 Å². The number of carbonyl (C=O) groups is 2. The Kier molecular flexibility index (Phi) is 4.65. The summed E-state index contributed by atoms with van der Waals surface area (Å²) < 4.78 is 0. The Labute approximate surface area is 151 Å². The first kappa shape index (κ1) is 17.7. The third-order valence-electron chi connectivity index (χ3n) is 6.49. The summed E-state index contributed by atoms with van der Waals surface area (Å²) in [6, 6.07) is 10.1. The van der Waals surface area contributed by atoms with Gasteiger partial charge in [-0.15, -0.1) is 0 Å². The molecule has 0 heterocycles. The van der Waals surface area contributed by atoms with Crippen molar-refractivity contribution < 1.29 is 9.59 Å². The zero-order chi connectivity index (χ0) is 17.5. The summed E-state index contributed by atoms with van der Waals surface area (Å²) in [4.78, 5) is 24.8. The summed E-state index contributed by atoms with van der Waals surface area (Å²) in [5, 5.41) is 3.96. The summed E-state index contributed by atoms with van der Waals surface area (Å²) in [7, 11) is 0. The second kappa shape index (κ2) is 6.31. The van der Waals surface area contributed by atoms with Crippen LogP contribution in [0.3, 0.4) is 0 Å². The van der Waals surface area contributed by atoms with Crippen LogP contribution in [-0.2, 0) is 9.59 Å². The average molecular weight is 392 g/mol. The van der Waals surface area contributed by atoms with Crippen LogP contribution in [-0.4, -0.2) is 26.6 Å². The van der Waals surface area contributed by atoms with Crippen molar-refractivity contribution in [2.45, 2.75) is 56.7 Å². The topological polar surface area (TPSA) is 46.2 Å². The molecule has 3 nitrogen and oxygen atoms in total. The predicted octanol–water partition coefficient (Wildman–Crippen LogP) is 3.80. The van der Waals surface area contributed by atoms with Crippen molar-refractivity contribution in [1.82, 2.24) is 5.32 Å². The second-order valence-electron chi connectivity index (χ2n) is 7.98. The molecule has 3 rings (SSSR count). The van der Waals surface area contributed by atoms with Crippen LogP contribution in [0.25, 0.3) is 0 Å². The zero-order valence-electron chi connectivity index (χ0n) is 15.0. The number of ketones is 1. The van der Waals surface area contributed by atoms with Gasteiger partial charge in [0.1, 0.15) is 0 Å². The van der Waals surface area contributed by atoms with Crippen molar-refractivity contribution in [3.63, 3.8) is 0 Å². The number of amides is 1. The Balaban J connectivity index is 1.74. The van der Waals surface area contributed by atoms with Crippen LogP contribution < -0.4 is 5.32 Å². The predicted molar refractivity (Wildman–Crippen MR) is 96.9 cm³/mol. The normalized spacial score (nSPS) is 31.9. The van der Waals surface area contributed by atoms with Gasteiger partial charge in [0.25, 0.3) is 0 Å². The van der Waals surface area contributed by atoms with Gasteiger partial charge < -0.3 is 0 Å². The van der Waals surface area contributed by atoms with Crippen LogP contribution in [0.5, 0.6) is 0 Å². The third kappa shape index (κ3) is 2.74. The second-order valence-corrected chi connectivity index (χ2v) is 10.4. The molecular weight excluding hydrogens is 365 g/mol. The Morgan fingerprint density at radius 2 is 1.96 bits per heavy atom. The maximum absolute atomic E-state index is 13.0. The standard InChI is InChI=1S/C20H27NO2Se/c1-13(22)21-16(14-8-6-5-7-9-14)12-24-17-15-10-11-20(4,18(17)23)19(15,2)3/h5-9,15-17H,10-12H2,1-4H3,(H,21,22)/t15?,16-,17?,20?/m0/s1. The molecule has 1 aromatic carbocycles. The van der Waals surface area contributed by atoms with Crippen LogP contribution in [0.2, 0.25) is 10.1 Å². The molecule has 4 atom stereocenters. The molecule has 2 aliphatic rings. The number of fused-ring (bicyclic) bond motifs is 2. The van der Waals surface area contributed by atoms with Crippen LogP contribution >= 0.6 is 0 Å². The van der Waals surface area contributed by atoms with E-state index in [1.807, 2.05) is 18.2 Å². The molecule has 3 unspecified atom stereocenters. The number of nitrogens with one attached hydrogen (secondary N) is 1. The van der Waals surface area contributed by atoms with Gasteiger partial charge in [0, 0.05) is 0 Å². The number of rotatable bonds is 5. The van der Waals surface area contributed by atoms with Gasteiger partial charge >= 0.3 is 151 Å². The third-order valence-corrected chi connectivity index (χ3v) is 9.49. The molecule has 1 N–H and O–H groups in total. The molecule has 4 heteroatoms. The van der Waals surface area contributed by atoms with E-state index in [1.165, 1.54) is 6.42 Å². The fraction of sp³-hybridized carbons (Fsp3) is 0.600. The van der Waals surface area contributed by atoms with E-state index in [0.717, 1.165) is 17.3 Å². The maximum atomic E-state index is 13.0. The van der Waals surface area contributed by atoms with E-state index in [-0.39, 0.29) is 42.6 Å². The Morgan fingerprint density at radius 3 is 2.50 bits per heavy atom. The number of Topliss-reactive ketones (excluding diaryl/α,β-unsaturated/α-hetero) is 1. The molecule has 1 aromatic rings. The van der Waals surface area contributed by atoms with E-state index in [2.05, 4.69) is 38.2 Å². The van der Waals surface area contributed by atoms with Crippen molar-refractivity contribution in [1.29, 1.82) is 0 Å². The van der Waals surface area contributed by atoms with Crippen LogP contribution in [0.1, 0.15) is 52.1 Å². The summed E-state index contributed by atoms with van der Waals surface area (Å²) in [5.74, 6) is 0.994. The van der Waals surface area contributed by atoms with E-state index in [1.54, 1.807) is 6.92 Å². The van der Waals surface area contributed by atoms with Gasteiger partial charge in [0.05, 0.1) is 0 Å². The zero-order valence-corrected chi connectivity index (χ0v) is 16.7. The molecule has 1 amide bonds. The number of benzene rings is 1. The molecule has 130 valence electrons. The molecule has 24 heavy (non-hydrogen) atoms. The molecule has 0 aliphatic heterocycles. The molecule has 0 radical (unpaired) electrons. The monoisotopic (exact) mass is 393 g/mol. The van der Waals surface area contributed by atoms with Crippen LogP contribution in [0.15, 0.2) is 30.3 Å². The summed E-state index contributed by atoms with van der Waals surface area (Å²) in [5.41, 5.74) is 1.11. The van der Waals surface area contributed by atoms with Gasteiger partial charge in [-0.3, -0.25) is 0 Å². The minimum absolute atomic E-state index is 0.00814. The molecule has 2 bridgehead atoms. The number of hydrogen-bond donors (Lipinski definition) is 1. The van der Waals surface area contributed by atoms with E-state index in [9.17, 15) is 9.59 Å². The Hall–Kier alpha value is -1.12. The van der Waals surface area contributed by atoms with Crippen molar-refractivity contribution in [3.05, 3.63) is 35.9 Å². The molecule has 2 fully saturated rings. The first-order chi connectivity index (χ1) is 11.3. The number of hydrogen-bond acceptors (Lipinski definition) is 2. The van der Waals surface area contributed by atoms with E-state index >= 15 is 0 Å². The van der Waals surface area contributed by atoms with E-state index in [4.69, 9.17) is 0 Å². The quantitative estimate of drug-likeness (QED) is 0.775. The first-order valence-electron chi connectivity index (χ1n) is 8.75. The van der Waals surface area contributed by atoms with Crippen molar-refractivity contribution in [3.8, 4) is 0 Å². The molecule has 2 saturated carbocycles. The van der Waals surface area contributed by atoms with Crippen LogP contribution in [0.4, 0.5) is 0 Å². The van der Waals surface area contributed by atoms with E-state index in [0.29, 0.717) is 11.7 Å². The van der Waals surface area contributed by atoms with Crippen molar-refractivity contribution in [2.75, 3.05) is 0 Å². The first-order valence-corrected chi connectivity index (χ1v) is 11.0. The molecule has 2 aliphatic carbocycles. The summed E-state index contributed by atoms with van der Waals surface area (Å²) in [6.45, 7) is 8.30. The molecule has 0 saturated heterocycles. The fourth-order valence-corrected chi connectivity index (χ4v) is 8.31. The average Bonchev–Trinajstić information content (AvgIpc) is 2.85. The van der Waals surface area contributed by atoms with Crippen molar-refractivity contribution in [2.24, 2.45) is 16.7 Å². The van der Waals surface area contributed by atoms with Gasteiger partial charge in [0.15, 0.2) is 0 Å². The van der Waals surface area contributed by atoms with Gasteiger partial charge in [0.2, 0.25) is 0 Å². The van der Waals surface area contributed by atoms with Gasteiger partial charge in [-0.2, -0.15) is 0 Å².